The molecule has 2 aromatic carbocycles. The van der Waals surface area contributed by atoms with Crippen molar-refractivity contribution in [3.8, 4) is 5.75 Å². The van der Waals surface area contributed by atoms with Crippen LogP contribution in [0.25, 0.3) is 0 Å². The maximum atomic E-state index is 12.2. The van der Waals surface area contributed by atoms with E-state index in [0.717, 1.165) is 21.3 Å². The van der Waals surface area contributed by atoms with Crippen LogP contribution in [0.5, 0.6) is 5.75 Å². The number of carbonyl (C=O) groups is 1. The van der Waals surface area contributed by atoms with E-state index in [1.807, 2.05) is 60.8 Å². The molecular weight excluding hydrogens is 368 g/mol. The minimum Gasteiger partial charge on any atom is -0.496 e. The Labute approximate surface area is 151 Å². The van der Waals surface area contributed by atoms with Gasteiger partial charge in [-0.2, -0.15) is 0 Å². The van der Waals surface area contributed by atoms with Gasteiger partial charge in [0.1, 0.15) is 11.8 Å². The molecule has 2 aromatic rings. The van der Waals surface area contributed by atoms with Crippen molar-refractivity contribution < 1.29 is 14.8 Å². The van der Waals surface area contributed by atoms with Gasteiger partial charge in [0.25, 0.3) is 5.91 Å². The first-order valence-electron chi connectivity index (χ1n) is 8.02. The minimum atomic E-state index is 0.0116. The summed E-state index contributed by atoms with van der Waals surface area (Å²) < 4.78 is 6.16. The summed E-state index contributed by atoms with van der Waals surface area (Å²) in [6.45, 7) is 4.47. The van der Waals surface area contributed by atoms with Crippen LogP contribution in [-0.4, -0.2) is 19.6 Å². The zero-order valence-corrected chi connectivity index (χ0v) is 15.8. The summed E-state index contributed by atoms with van der Waals surface area (Å²) in [6.07, 6.45) is 0. The van der Waals surface area contributed by atoms with Gasteiger partial charge in [0.2, 0.25) is 0 Å². The number of methoxy groups -OCH3 is 1. The van der Waals surface area contributed by atoms with E-state index in [4.69, 9.17) is 4.74 Å². The smallest absolute Gasteiger partial charge is 0.275 e. The number of hydrogen-bond donors (Lipinski definition) is 2. The first-order valence-corrected chi connectivity index (χ1v) is 8.81. The van der Waals surface area contributed by atoms with Gasteiger partial charge in [-0.15, -0.1) is 0 Å². The van der Waals surface area contributed by atoms with Crippen molar-refractivity contribution >= 4 is 21.8 Å². The van der Waals surface area contributed by atoms with Crippen molar-refractivity contribution in [3.63, 3.8) is 0 Å². The lowest BCUT2D eigenvalue weighted by molar-refractivity contribution is -0.682. The quantitative estimate of drug-likeness (QED) is 0.761. The first-order chi connectivity index (χ1) is 11.5. The molecule has 4 nitrogen and oxygen atoms in total. The molecule has 0 aliphatic heterocycles. The molecule has 0 heterocycles. The average Bonchev–Trinajstić information content (AvgIpc) is 2.60. The fourth-order valence-corrected chi connectivity index (χ4v) is 3.07. The van der Waals surface area contributed by atoms with E-state index in [-0.39, 0.29) is 18.0 Å². The number of rotatable bonds is 7. The number of benzene rings is 2. The molecule has 5 heteroatoms. The van der Waals surface area contributed by atoms with E-state index in [1.54, 1.807) is 7.11 Å². The Morgan fingerprint density at radius 2 is 1.88 bits per heavy atom. The van der Waals surface area contributed by atoms with Gasteiger partial charge in [0.05, 0.1) is 17.6 Å². The highest BCUT2D eigenvalue weighted by Gasteiger charge is 2.15. The summed E-state index contributed by atoms with van der Waals surface area (Å²) in [5.74, 6) is 0.839. The molecule has 2 rings (SSSR count). The fraction of sp³-hybridized carbons (Fsp3) is 0.316. The molecule has 1 amide bonds. The second kappa shape index (κ2) is 8.85. The van der Waals surface area contributed by atoms with Crippen LogP contribution in [0.15, 0.2) is 53.0 Å². The highest BCUT2D eigenvalue weighted by atomic mass is 79.9. The topological polar surface area (TPSA) is 54.9 Å². The van der Waals surface area contributed by atoms with E-state index < -0.39 is 0 Å². The number of amides is 1. The number of halogens is 1. The second-order valence-electron chi connectivity index (χ2n) is 5.82. The van der Waals surface area contributed by atoms with Gasteiger partial charge in [-0.25, -0.2) is 0 Å². The van der Waals surface area contributed by atoms with Crippen LogP contribution in [0.4, 0.5) is 0 Å². The standard InChI is InChI=1S/C19H23BrN2O2/c1-13(16-9-10-18(24-3)17(20)11-16)21-12-19(23)22-14(2)15-7-5-4-6-8-15/h4-11,13-14,21H,12H2,1-3H3,(H,22,23)/p+1/t13-,14+/m0/s1. The van der Waals surface area contributed by atoms with Crippen LogP contribution in [-0.2, 0) is 4.79 Å². The summed E-state index contributed by atoms with van der Waals surface area (Å²) in [7, 11) is 1.65. The molecule has 24 heavy (non-hydrogen) atoms. The van der Waals surface area contributed by atoms with Crippen molar-refractivity contribution in [2.24, 2.45) is 0 Å². The Morgan fingerprint density at radius 3 is 2.50 bits per heavy atom. The Kier molecular flexibility index (Phi) is 6.82. The van der Waals surface area contributed by atoms with Crippen molar-refractivity contribution in [1.82, 2.24) is 5.32 Å². The molecule has 0 aliphatic carbocycles. The average molecular weight is 392 g/mol. The van der Waals surface area contributed by atoms with Gasteiger partial charge in [0.15, 0.2) is 6.54 Å². The molecule has 0 bridgehead atoms. The Balaban J connectivity index is 1.86. The summed E-state index contributed by atoms with van der Waals surface area (Å²) in [6, 6.07) is 16.2. The monoisotopic (exact) mass is 391 g/mol. The zero-order valence-electron chi connectivity index (χ0n) is 14.3. The van der Waals surface area contributed by atoms with Crippen LogP contribution in [0.2, 0.25) is 0 Å². The van der Waals surface area contributed by atoms with E-state index in [1.165, 1.54) is 0 Å². The lowest BCUT2D eigenvalue weighted by atomic mass is 10.1. The van der Waals surface area contributed by atoms with Gasteiger partial charge in [-0.1, -0.05) is 30.3 Å². The predicted molar refractivity (Wildman–Crippen MR) is 98.9 cm³/mol. The largest absolute Gasteiger partial charge is 0.496 e. The molecule has 0 aliphatic rings. The summed E-state index contributed by atoms with van der Waals surface area (Å²) >= 11 is 3.50. The van der Waals surface area contributed by atoms with Crippen molar-refractivity contribution in [3.05, 3.63) is 64.1 Å². The maximum absolute atomic E-state index is 12.2. The van der Waals surface area contributed by atoms with E-state index in [9.17, 15) is 4.79 Å². The van der Waals surface area contributed by atoms with Crippen LogP contribution in [0.3, 0.4) is 0 Å². The maximum Gasteiger partial charge on any atom is 0.275 e. The van der Waals surface area contributed by atoms with Crippen LogP contribution >= 0.6 is 15.9 Å². The molecule has 0 radical (unpaired) electrons. The molecular formula is C19H24BrN2O2+. The highest BCUT2D eigenvalue weighted by Crippen LogP contribution is 2.27. The van der Waals surface area contributed by atoms with E-state index >= 15 is 0 Å². The number of quaternary nitrogens is 1. The molecule has 2 atom stereocenters. The van der Waals surface area contributed by atoms with Gasteiger partial charge >= 0.3 is 0 Å². The van der Waals surface area contributed by atoms with Gasteiger partial charge in [-0.05, 0) is 53.5 Å². The number of nitrogens with two attached hydrogens (primary N) is 1. The van der Waals surface area contributed by atoms with Gasteiger partial charge in [0, 0.05) is 5.56 Å². The first kappa shape index (κ1) is 18.5. The van der Waals surface area contributed by atoms with E-state index in [0.29, 0.717) is 6.54 Å². The molecule has 0 unspecified atom stereocenters. The summed E-state index contributed by atoms with van der Waals surface area (Å²) in [5, 5.41) is 5.06. The molecule has 3 N–H and O–H groups in total. The third kappa shape index (κ3) is 5.08. The Bertz CT molecular complexity index is 676. The SMILES string of the molecule is COc1ccc([C@H](C)[NH2+]CC(=O)N[C@H](C)c2ccccc2)cc1Br. The third-order valence-corrected chi connectivity index (χ3v) is 4.66. The zero-order chi connectivity index (χ0) is 17.5. The van der Waals surface area contributed by atoms with Crippen LogP contribution < -0.4 is 15.4 Å². The number of ether oxygens (including phenoxy) is 1. The molecule has 0 saturated heterocycles. The molecule has 128 valence electrons. The van der Waals surface area contributed by atoms with Gasteiger partial charge in [-0.3, -0.25) is 4.79 Å². The highest BCUT2D eigenvalue weighted by molar-refractivity contribution is 9.10. The van der Waals surface area contributed by atoms with Crippen LogP contribution in [0, 0.1) is 0 Å². The molecule has 0 fully saturated rings. The van der Waals surface area contributed by atoms with Gasteiger partial charge < -0.3 is 15.4 Å². The summed E-state index contributed by atoms with van der Waals surface area (Å²) in [5.41, 5.74) is 2.25. The Morgan fingerprint density at radius 1 is 1.17 bits per heavy atom. The third-order valence-electron chi connectivity index (χ3n) is 4.04. The lowest BCUT2D eigenvalue weighted by Crippen LogP contribution is -2.87. The number of nitrogens with one attached hydrogen (secondary N) is 1. The van der Waals surface area contributed by atoms with Crippen LogP contribution in [0.1, 0.15) is 37.1 Å². The number of hydrogen-bond acceptors (Lipinski definition) is 2. The molecule has 0 saturated carbocycles. The lowest BCUT2D eigenvalue weighted by Gasteiger charge is -2.16. The Hall–Kier alpha value is -1.85. The normalized spacial score (nSPS) is 13.2. The van der Waals surface area contributed by atoms with Crippen molar-refractivity contribution in [1.29, 1.82) is 0 Å². The van der Waals surface area contributed by atoms with Crippen molar-refractivity contribution in [2.75, 3.05) is 13.7 Å². The summed E-state index contributed by atoms with van der Waals surface area (Å²) in [4.78, 5) is 12.2. The second-order valence-corrected chi connectivity index (χ2v) is 6.68. The molecule has 0 spiro atoms. The minimum absolute atomic E-state index is 0.0116. The predicted octanol–water partition coefficient (Wildman–Crippen LogP) is 2.96. The van der Waals surface area contributed by atoms with E-state index in [2.05, 4.69) is 28.2 Å². The molecule has 0 aromatic heterocycles. The fourth-order valence-electron chi connectivity index (χ4n) is 2.51. The van der Waals surface area contributed by atoms with Crippen molar-refractivity contribution in [2.45, 2.75) is 25.9 Å². The number of carbonyl (C=O) groups excluding carboxylic acids is 1.